The van der Waals surface area contributed by atoms with Crippen LogP contribution in [0.1, 0.15) is 12.8 Å². The zero-order valence-electron chi connectivity index (χ0n) is 7.88. The number of nitrogens with one attached hydrogen (secondary N) is 1. The Bertz CT molecular complexity index is 233. The lowest BCUT2D eigenvalue weighted by Crippen LogP contribution is -2.36. The van der Waals surface area contributed by atoms with Crippen molar-refractivity contribution in [3.8, 4) is 0 Å². The molecule has 1 aliphatic heterocycles. The molecule has 1 amide bonds. The number of amides is 1. The molecule has 0 aromatic carbocycles. The highest BCUT2D eigenvalue weighted by atomic mass is 16.2. The Morgan fingerprint density at radius 2 is 2.38 bits per heavy atom. The molecule has 2 fully saturated rings. The Balaban J connectivity index is 2.04. The van der Waals surface area contributed by atoms with Crippen LogP contribution in [0.2, 0.25) is 0 Å². The quantitative estimate of drug-likeness (QED) is 0.623. The van der Waals surface area contributed by atoms with Gasteiger partial charge in [-0.05, 0) is 12.8 Å². The summed E-state index contributed by atoms with van der Waals surface area (Å²) in [6.07, 6.45) is 4.33. The molecule has 1 N–H and O–H groups in total. The molecule has 1 spiro atoms. The van der Waals surface area contributed by atoms with Crippen molar-refractivity contribution in [2.75, 3.05) is 26.2 Å². The summed E-state index contributed by atoms with van der Waals surface area (Å²) in [5.41, 5.74) is 0.412. The van der Waals surface area contributed by atoms with Crippen LogP contribution in [0.5, 0.6) is 0 Å². The van der Waals surface area contributed by atoms with Crippen LogP contribution in [0.15, 0.2) is 12.7 Å². The van der Waals surface area contributed by atoms with Gasteiger partial charge in [-0.15, -0.1) is 6.58 Å². The van der Waals surface area contributed by atoms with E-state index >= 15 is 0 Å². The van der Waals surface area contributed by atoms with Crippen LogP contribution in [0.25, 0.3) is 0 Å². The highest BCUT2D eigenvalue weighted by molar-refractivity contribution is 5.78. The van der Waals surface area contributed by atoms with Gasteiger partial charge in [0.05, 0.1) is 6.54 Å². The van der Waals surface area contributed by atoms with E-state index in [1.165, 1.54) is 12.8 Å². The first-order chi connectivity index (χ1) is 6.26. The summed E-state index contributed by atoms with van der Waals surface area (Å²) >= 11 is 0. The van der Waals surface area contributed by atoms with Crippen molar-refractivity contribution in [1.82, 2.24) is 10.2 Å². The predicted octanol–water partition coefficient (Wildman–Crippen LogP) is 0.384. The van der Waals surface area contributed by atoms with Crippen LogP contribution in [-0.2, 0) is 4.79 Å². The molecule has 0 atom stereocenters. The average Bonchev–Trinajstić information content (AvgIpc) is 2.85. The molecule has 1 aliphatic carbocycles. The third-order valence-corrected chi connectivity index (χ3v) is 2.96. The second kappa shape index (κ2) is 3.14. The van der Waals surface area contributed by atoms with E-state index in [0.29, 0.717) is 18.5 Å². The van der Waals surface area contributed by atoms with E-state index < -0.39 is 0 Å². The average molecular weight is 180 g/mol. The second-order valence-corrected chi connectivity index (χ2v) is 4.17. The minimum atomic E-state index is 0.212. The van der Waals surface area contributed by atoms with Gasteiger partial charge in [0.15, 0.2) is 0 Å². The topological polar surface area (TPSA) is 32.3 Å². The highest BCUT2D eigenvalue weighted by Gasteiger charge is 2.45. The molecule has 13 heavy (non-hydrogen) atoms. The van der Waals surface area contributed by atoms with Crippen molar-refractivity contribution in [2.45, 2.75) is 12.8 Å². The smallest absolute Gasteiger partial charge is 0.236 e. The molecule has 3 heteroatoms. The lowest BCUT2D eigenvalue weighted by molar-refractivity contribution is -0.129. The van der Waals surface area contributed by atoms with E-state index in [0.717, 1.165) is 13.1 Å². The van der Waals surface area contributed by atoms with Gasteiger partial charge in [-0.25, -0.2) is 0 Å². The largest absolute Gasteiger partial charge is 0.337 e. The van der Waals surface area contributed by atoms with Crippen LogP contribution in [-0.4, -0.2) is 37.0 Å². The number of carbonyl (C=O) groups is 1. The molecule has 3 nitrogen and oxygen atoms in total. The molecule has 1 saturated heterocycles. The minimum Gasteiger partial charge on any atom is -0.337 e. The van der Waals surface area contributed by atoms with Crippen LogP contribution >= 0.6 is 0 Å². The fraction of sp³-hybridized carbons (Fsp3) is 0.700. The maximum absolute atomic E-state index is 11.5. The Morgan fingerprint density at radius 1 is 1.62 bits per heavy atom. The van der Waals surface area contributed by atoms with Gasteiger partial charge < -0.3 is 10.2 Å². The van der Waals surface area contributed by atoms with Gasteiger partial charge in [-0.3, -0.25) is 4.79 Å². The highest BCUT2D eigenvalue weighted by Crippen LogP contribution is 2.46. The lowest BCUT2D eigenvalue weighted by atomic mass is 10.1. The predicted molar refractivity (Wildman–Crippen MR) is 51.3 cm³/mol. The summed E-state index contributed by atoms with van der Waals surface area (Å²) in [6.45, 7) is 6.79. The molecule has 0 aromatic heterocycles. The molecule has 72 valence electrons. The summed E-state index contributed by atoms with van der Waals surface area (Å²) in [5.74, 6) is 0.212. The number of carbonyl (C=O) groups excluding carboxylic acids is 1. The monoisotopic (exact) mass is 180 g/mol. The minimum absolute atomic E-state index is 0.212. The zero-order chi connectivity index (χ0) is 9.31. The summed E-state index contributed by atoms with van der Waals surface area (Å²) < 4.78 is 0. The summed E-state index contributed by atoms with van der Waals surface area (Å²) in [4.78, 5) is 13.5. The Hall–Kier alpha value is -0.830. The molecule has 1 saturated carbocycles. The molecule has 0 aromatic rings. The van der Waals surface area contributed by atoms with Gasteiger partial charge in [-0.1, -0.05) is 6.08 Å². The molecule has 0 bridgehead atoms. The summed E-state index contributed by atoms with van der Waals surface area (Å²) in [7, 11) is 0. The van der Waals surface area contributed by atoms with Crippen LogP contribution in [0.4, 0.5) is 0 Å². The van der Waals surface area contributed by atoms with Crippen molar-refractivity contribution in [3.05, 3.63) is 12.7 Å². The molecule has 2 rings (SSSR count). The molecule has 1 heterocycles. The second-order valence-electron chi connectivity index (χ2n) is 4.17. The molecule has 2 aliphatic rings. The van der Waals surface area contributed by atoms with Gasteiger partial charge >= 0.3 is 0 Å². The lowest BCUT2D eigenvalue weighted by Gasteiger charge is -2.22. The standard InChI is InChI=1S/C10H16N2O/c1-2-5-12-8-10(3-4-10)7-11-6-9(12)13/h2,11H,1,3-8H2. The van der Waals surface area contributed by atoms with Crippen molar-refractivity contribution >= 4 is 5.91 Å². The van der Waals surface area contributed by atoms with E-state index in [-0.39, 0.29) is 5.91 Å². The van der Waals surface area contributed by atoms with E-state index in [4.69, 9.17) is 0 Å². The van der Waals surface area contributed by atoms with Crippen molar-refractivity contribution in [1.29, 1.82) is 0 Å². The van der Waals surface area contributed by atoms with Crippen LogP contribution in [0.3, 0.4) is 0 Å². The van der Waals surface area contributed by atoms with E-state index in [1.807, 2.05) is 4.90 Å². The zero-order valence-corrected chi connectivity index (χ0v) is 7.88. The summed E-state index contributed by atoms with van der Waals surface area (Å²) in [6, 6.07) is 0. The number of hydrogen-bond acceptors (Lipinski definition) is 2. The molecular formula is C10H16N2O. The third-order valence-electron chi connectivity index (χ3n) is 2.96. The summed E-state index contributed by atoms with van der Waals surface area (Å²) in [5, 5.41) is 3.21. The molecular weight excluding hydrogens is 164 g/mol. The van der Waals surface area contributed by atoms with Crippen molar-refractivity contribution < 1.29 is 4.79 Å². The van der Waals surface area contributed by atoms with Crippen molar-refractivity contribution in [2.24, 2.45) is 5.41 Å². The van der Waals surface area contributed by atoms with Gasteiger partial charge in [0, 0.05) is 25.0 Å². The fourth-order valence-corrected chi connectivity index (χ4v) is 1.93. The number of rotatable bonds is 2. The SMILES string of the molecule is C=CCN1CC2(CC2)CNCC1=O. The van der Waals surface area contributed by atoms with Gasteiger partial charge in [0.2, 0.25) is 5.91 Å². The maximum Gasteiger partial charge on any atom is 0.236 e. The van der Waals surface area contributed by atoms with Crippen LogP contribution in [0, 0.1) is 5.41 Å². The van der Waals surface area contributed by atoms with Gasteiger partial charge in [0.25, 0.3) is 0 Å². The third kappa shape index (κ3) is 1.75. The first-order valence-corrected chi connectivity index (χ1v) is 4.85. The van der Waals surface area contributed by atoms with Crippen molar-refractivity contribution in [3.63, 3.8) is 0 Å². The van der Waals surface area contributed by atoms with E-state index in [2.05, 4.69) is 11.9 Å². The molecule has 0 radical (unpaired) electrons. The van der Waals surface area contributed by atoms with E-state index in [9.17, 15) is 4.79 Å². The fourth-order valence-electron chi connectivity index (χ4n) is 1.93. The van der Waals surface area contributed by atoms with E-state index in [1.54, 1.807) is 6.08 Å². The maximum atomic E-state index is 11.5. The van der Waals surface area contributed by atoms with Gasteiger partial charge in [0.1, 0.15) is 0 Å². The molecule has 0 unspecified atom stereocenters. The first-order valence-electron chi connectivity index (χ1n) is 4.85. The number of nitrogens with zero attached hydrogens (tertiary/aromatic N) is 1. The Labute approximate surface area is 78.8 Å². The Morgan fingerprint density at radius 3 is 3.00 bits per heavy atom. The number of hydrogen-bond donors (Lipinski definition) is 1. The first kappa shape index (κ1) is 8.75. The Kier molecular flexibility index (Phi) is 2.12. The normalized spacial score (nSPS) is 25.8. The van der Waals surface area contributed by atoms with Gasteiger partial charge in [-0.2, -0.15) is 0 Å². The van der Waals surface area contributed by atoms with Crippen LogP contribution < -0.4 is 5.32 Å².